The number of Topliss-reactive ketones (excluding diaryl/α,β-unsaturated/α-hetero) is 1. The van der Waals surface area contributed by atoms with Gasteiger partial charge in [0.15, 0.2) is 0 Å². The van der Waals surface area contributed by atoms with E-state index in [1.165, 1.54) is 4.90 Å². The number of hydrogen-bond acceptors (Lipinski definition) is 5. The van der Waals surface area contributed by atoms with E-state index in [0.29, 0.717) is 29.3 Å². The number of aliphatic hydroxyl groups is 1. The zero-order chi connectivity index (χ0) is 22.8. The van der Waals surface area contributed by atoms with Gasteiger partial charge in [0.25, 0.3) is 5.78 Å². The molecule has 1 aromatic heterocycles. The third-order valence-corrected chi connectivity index (χ3v) is 5.82. The molecule has 0 aliphatic carbocycles. The lowest BCUT2D eigenvalue weighted by molar-refractivity contribution is -0.132. The fraction of sp³-hybridized carbons (Fsp3) is 0.160. The van der Waals surface area contributed by atoms with Crippen LogP contribution in [0.3, 0.4) is 0 Å². The number of ketones is 1. The van der Waals surface area contributed by atoms with Crippen molar-refractivity contribution < 1.29 is 19.4 Å². The predicted molar refractivity (Wildman–Crippen MR) is 126 cm³/mol. The SMILES string of the molecule is CCOc1ccc(/C(O)=C2/C(=O)C(=O)N(c3ccccn3)C2c2ccc(Br)cc2)c(C)c1. The van der Waals surface area contributed by atoms with Gasteiger partial charge in [-0.2, -0.15) is 0 Å². The number of nitrogens with zero attached hydrogens (tertiary/aromatic N) is 2. The first-order valence-corrected chi connectivity index (χ1v) is 10.9. The van der Waals surface area contributed by atoms with Crippen molar-refractivity contribution in [2.24, 2.45) is 0 Å². The van der Waals surface area contributed by atoms with Gasteiger partial charge in [-0.3, -0.25) is 14.5 Å². The maximum absolute atomic E-state index is 13.2. The summed E-state index contributed by atoms with van der Waals surface area (Å²) in [6, 6.07) is 16.8. The Morgan fingerprint density at radius 2 is 1.88 bits per heavy atom. The molecule has 0 bridgehead atoms. The number of benzene rings is 2. The second-order valence-corrected chi connectivity index (χ2v) is 8.23. The first-order valence-electron chi connectivity index (χ1n) is 10.1. The number of aliphatic hydroxyl groups excluding tert-OH is 1. The van der Waals surface area contributed by atoms with Crippen molar-refractivity contribution >= 4 is 39.2 Å². The van der Waals surface area contributed by atoms with Crippen molar-refractivity contribution in [2.75, 3.05) is 11.5 Å². The van der Waals surface area contributed by atoms with E-state index in [1.54, 1.807) is 42.6 Å². The van der Waals surface area contributed by atoms with Crippen molar-refractivity contribution in [1.82, 2.24) is 4.98 Å². The largest absolute Gasteiger partial charge is 0.507 e. The molecule has 0 spiro atoms. The molecule has 1 saturated heterocycles. The van der Waals surface area contributed by atoms with Gasteiger partial charge in [-0.05, 0) is 67.4 Å². The Labute approximate surface area is 194 Å². The molecule has 3 aromatic rings. The quantitative estimate of drug-likeness (QED) is 0.301. The molecule has 1 N–H and O–H groups in total. The molecular formula is C25H21BrN2O4. The Morgan fingerprint density at radius 3 is 2.50 bits per heavy atom. The molecule has 0 radical (unpaired) electrons. The summed E-state index contributed by atoms with van der Waals surface area (Å²) in [6.45, 7) is 4.23. The molecule has 1 aliphatic rings. The lowest BCUT2D eigenvalue weighted by Gasteiger charge is -2.24. The Bertz CT molecular complexity index is 1210. The van der Waals surface area contributed by atoms with Crippen LogP contribution in [0.4, 0.5) is 5.82 Å². The number of pyridine rings is 1. The lowest BCUT2D eigenvalue weighted by Crippen LogP contribution is -2.30. The number of amides is 1. The molecule has 4 rings (SSSR count). The lowest BCUT2D eigenvalue weighted by atomic mass is 9.94. The van der Waals surface area contributed by atoms with Crippen LogP contribution in [0.2, 0.25) is 0 Å². The van der Waals surface area contributed by atoms with Crippen LogP contribution in [0.15, 0.2) is 76.9 Å². The van der Waals surface area contributed by atoms with Gasteiger partial charge in [0.2, 0.25) is 0 Å². The summed E-state index contributed by atoms with van der Waals surface area (Å²) in [5.74, 6) is -0.712. The molecule has 32 heavy (non-hydrogen) atoms. The van der Waals surface area contributed by atoms with Gasteiger partial charge < -0.3 is 9.84 Å². The molecule has 6 nitrogen and oxygen atoms in total. The first-order chi connectivity index (χ1) is 15.4. The highest BCUT2D eigenvalue weighted by molar-refractivity contribution is 9.10. The number of carbonyl (C=O) groups excluding carboxylic acids is 2. The van der Waals surface area contributed by atoms with Crippen LogP contribution < -0.4 is 9.64 Å². The maximum atomic E-state index is 13.2. The molecule has 2 heterocycles. The number of carbonyl (C=O) groups is 2. The minimum atomic E-state index is -0.816. The summed E-state index contributed by atoms with van der Waals surface area (Å²) in [7, 11) is 0. The van der Waals surface area contributed by atoms with Crippen LogP contribution in [0.1, 0.15) is 29.7 Å². The van der Waals surface area contributed by atoms with Gasteiger partial charge in [-0.1, -0.05) is 34.1 Å². The van der Waals surface area contributed by atoms with E-state index >= 15 is 0 Å². The summed E-state index contributed by atoms with van der Waals surface area (Å²) in [5.41, 5.74) is 1.90. The van der Waals surface area contributed by atoms with E-state index in [1.807, 2.05) is 38.1 Å². The third kappa shape index (κ3) is 3.91. The van der Waals surface area contributed by atoms with Crippen LogP contribution >= 0.6 is 15.9 Å². The smallest absolute Gasteiger partial charge is 0.301 e. The normalized spacial score (nSPS) is 17.6. The van der Waals surface area contributed by atoms with Crippen molar-refractivity contribution in [3.8, 4) is 5.75 Å². The summed E-state index contributed by atoms with van der Waals surface area (Å²) in [4.78, 5) is 31.9. The van der Waals surface area contributed by atoms with E-state index in [0.717, 1.165) is 10.0 Å². The fourth-order valence-corrected chi connectivity index (χ4v) is 4.09. The number of hydrogen-bond donors (Lipinski definition) is 1. The number of anilines is 1. The van der Waals surface area contributed by atoms with Gasteiger partial charge in [0.1, 0.15) is 17.3 Å². The van der Waals surface area contributed by atoms with Gasteiger partial charge >= 0.3 is 5.91 Å². The average Bonchev–Trinajstić information content (AvgIpc) is 3.05. The Balaban J connectivity index is 1.91. The van der Waals surface area contributed by atoms with Crippen molar-refractivity contribution in [3.05, 3.63) is 93.6 Å². The van der Waals surface area contributed by atoms with Crippen LogP contribution in [0, 0.1) is 6.92 Å². The van der Waals surface area contributed by atoms with E-state index < -0.39 is 17.7 Å². The highest BCUT2D eigenvalue weighted by Crippen LogP contribution is 2.42. The van der Waals surface area contributed by atoms with Gasteiger partial charge in [-0.15, -0.1) is 0 Å². The number of halogens is 1. The molecule has 1 unspecified atom stereocenters. The van der Waals surface area contributed by atoms with Crippen molar-refractivity contribution in [2.45, 2.75) is 19.9 Å². The zero-order valence-electron chi connectivity index (χ0n) is 17.6. The number of ether oxygens (including phenoxy) is 1. The minimum absolute atomic E-state index is 0.0234. The topological polar surface area (TPSA) is 79.7 Å². The van der Waals surface area contributed by atoms with E-state index in [2.05, 4.69) is 20.9 Å². The summed E-state index contributed by atoms with van der Waals surface area (Å²) in [5, 5.41) is 11.3. The summed E-state index contributed by atoms with van der Waals surface area (Å²) < 4.78 is 6.38. The predicted octanol–water partition coefficient (Wildman–Crippen LogP) is 5.18. The monoisotopic (exact) mass is 492 g/mol. The molecule has 2 aromatic carbocycles. The first kappa shape index (κ1) is 21.8. The van der Waals surface area contributed by atoms with Crippen LogP contribution in [-0.2, 0) is 9.59 Å². The highest BCUT2D eigenvalue weighted by Gasteiger charge is 2.47. The molecule has 1 aliphatic heterocycles. The van der Waals surface area contributed by atoms with E-state index in [-0.39, 0.29) is 11.3 Å². The van der Waals surface area contributed by atoms with Crippen LogP contribution in [0.5, 0.6) is 5.75 Å². The molecule has 0 saturated carbocycles. The van der Waals surface area contributed by atoms with Gasteiger partial charge in [-0.25, -0.2) is 4.98 Å². The fourth-order valence-electron chi connectivity index (χ4n) is 3.83. The third-order valence-electron chi connectivity index (χ3n) is 5.29. The molecular weight excluding hydrogens is 472 g/mol. The minimum Gasteiger partial charge on any atom is -0.507 e. The molecule has 162 valence electrons. The molecule has 1 fully saturated rings. The number of aryl methyl sites for hydroxylation is 1. The molecule has 1 atom stereocenters. The van der Waals surface area contributed by atoms with Crippen molar-refractivity contribution in [3.63, 3.8) is 0 Å². The van der Waals surface area contributed by atoms with Gasteiger partial charge in [0, 0.05) is 16.2 Å². The highest BCUT2D eigenvalue weighted by atomic mass is 79.9. The van der Waals surface area contributed by atoms with Crippen LogP contribution in [0.25, 0.3) is 5.76 Å². The van der Waals surface area contributed by atoms with E-state index in [4.69, 9.17) is 4.74 Å². The van der Waals surface area contributed by atoms with Crippen LogP contribution in [-0.4, -0.2) is 28.4 Å². The standard InChI is InChI=1S/C25H21BrN2O4/c1-3-32-18-11-12-19(15(2)14-18)23(29)21-22(16-7-9-17(26)10-8-16)28(25(31)24(21)30)20-6-4-5-13-27-20/h4-14,22,29H,3H2,1-2H3/b23-21-. The van der Waals surface area contributed by atoms with E-state index in [9.17, 15) is 14.7 Å². The Hall–Kier alpha value is -3.45. The maximum Gasteiger partial charge on any atom is 0.301 e. The summed E-state index contributed by atoms with van der Waals surface area (Å²) >= 11 is 3.41. The summed E-state index contributed by atoms with van der Waals surface area (Å²) in [6.07, 6.45) is 1.56. The number of rotatable bonds is 5. The Kier molecular flexibility index (Phi) is 6.10. The van der Waals surface area contributed by atoms with Gasteiger partial charge in [0.05, 0.1) is 18.2 Å². The zero-order valence-corrected chi connectivity index (χ0v) is 19.2. The second kappa shape index (κ2) is 8.96. The Morgan fingerprint density at radius 1 is 1.12 bits per heavy atom. The average molecular weight is 493 g/mol. The molecule has 7 heteroatoms. The molecule has 1 amide bonds. The van der Waals surface area contributed by atoms with Crippen molar-refractivity contribution in [1.29, 1.82) is 0 Å². The second-order valence-electron chi connectivity index (χ2n) is 7.32. The number of aromatic nitrogens is 1.